The van der Waals surface area contributed by atoms with Crippen LogP contribution in [0, 0.1) is 5.41 Å². The summed E-state index contributed by atoms with van der Waals surface area (Å²) >= 11 is 0. The quantitative estimate of drug-likeness (QED) is 0.502. The summed E-state index contributed by atoms with van der Waals surface area (Å²) in [5.41, 5.74) is -2.29. The molecule has 1 saturated heterocycles. The van der Waals surface area contributed by atoms with Gasteiger partial charge in [-0.25, -0.2) is 9.59 Å². The molecule has 0 bridgehead atoms. The van der Waals surface area contributed by atoms with Gasteiger partial charge < -0.3 is 14.6 Å². The minimum absolute atomic E-state index is 0.428. The second-order valence-corrected chi connectivity index (χ2v) is 4.56. The Balaban J connectivity index is 2.90. The van der Waals surface area contributed by atoms with Crippen LogP contribution in [-0.2, 0) is 19.1 Å². The van der Waals surface area contributed by atoms with Crippen molar-refractivity contribution in [1.82, 2.24) is 0 Å². The maximum absolute atomic E-state index is 11.3. The normalized spacial score (nSPS) is 32.9. The molecular formula is C9H14O5. The van der Waals surface area contributed by atoms with Crippen LogP contribution in [0.3, 0.4) is 0 Å². The van der Waals surface area contributed by atoms with Crippen LogP contribution in [-0.4, -0.2) is 28.9 Å². The SMILES string of the molecule is CC1(C(=O)O)OC(C(C)(C)C)OC1=O. The molecule has 1 heterocycles. The van der Waals surface area contributed by atoms with Gasteiger partial charge in [-0.1, -0.05) is 20.8 Å². The molecule has 80 valence electrons. The van der Waals surface area contributed by atoms with Crippen molar-refractivity contribution in [3.05, 3.63) is 0 Å². The first-order valence-corrected chi connectivity index (χ1v) is 4.30. The van der Waals surface area contributed by atoms with Crippen LogP contribution in [0.2, 0.25) is 0 Å². The first-order chi connectivity index (χ1) is 6.18. The van der Waals surface area contributed by atoms with Crippen molar-refractivity contribution in [1.29, 1.82) is 0 Å². The summed E-state index contributed by atoms with van der Waals surface area (Å²) in [6, 6.07) is 0. The summed E-state index contributed by atoms with van der Waals surface area (Å²) in [5, 5.41) is 8.80. The number of ether oxygens (including phenoxy) is 2. The third-order valence-electron chi connectivity index (χ3n) is 2.06. The number of carboxylic acids is 1. The average Bonchev–Trinajstić information content (AvgIpc) is 2.28. The van der Waals surface area contributed by atoms with Gasteiger partial charge in [0.15, 0.2) is 0 Å². The lowest BCUT2D eigenvalue weighted by Gasteiger charge is -2.24. The second kappa shape index (κ2) is 2.95. The van der Waals surface area contributed by atoms with Gasteiger partial charge in [-0.05, 0) is 6.92 Å². The molecule has 0 aromatic carbocycles. The third kappa shape index (κ3) is 1.59. The molecule has 5 heteroatoms. The van der Waals surface area contributed by atoms with E-state index in [1.54, 1.807) is 20.8 Å². The highest BCUT2D eigenvalue weighted by Gasteiger charge is 2.55. The summed E-state index contributed by atoms with van der Waals surface area (Å²) in [5.74, 6) is -2.17. The van der Waals surface area contributed by atoms with Crippen molar-refractivity contribution in [2.45, 2.75) is 39.6 Å². The fourth-order valence-electron chi connectivity index (χ4n) is 0.987. The molecule has 1 aliphatic rings. The molecule has 1 fully saturated rings. The fraction of sp³-hybridized carbons (Fsp3) is 0.778. The van der Waals surface area contributed by atoms with Crippen LogP contribution in [0.15, 0.2) is 0 Å². The lowest BCUT2D eigenvalue weighted by atomic mass is 9.96. The van der Waals surface area contributed by atoms with Gasteiger partial charge >= 0.3 is 11.9 Å². The van der Waals surface area contributed by atoms with E-state index in [4.69, 9.17) is 14.6 Å². The number of hydrogen-bond acceptors (Lipinski definition) is 4. The largest absolute Gasteiger partial charge is 0.479 e. The van der Waals surface area contributed by atoms with Gasteiger partial charge in [0.05, 0.1) is 0 Å². The Morgan fingerprint density at radius 2 is 2.00 bits per heavy atom. The van der Waals surface area contributed by atoms with E-state index in [9.17, 15) is 9.59 Å². The summed E-state index contributed by atoms with van der Waals surface area (Å²) in [7, 11) is 0. The summed E-state index contributed by atoms with van der Waals surface area (Å²) in [6.07, 6.45) is -0.809. The molecule has 2 unspecified atom stereocenters. The van der Waals surface area contributed by atoms with Gasteiger partial charge in [-0.3, -0.25) is 0 Å². The standard InChI is InChI=1S/C9H14O5/c1-8(2,3)7-13-6(12)9(4,14-7)5(10)11/h7H,1-4H3,(H,10,11). The molecule has 0 saturated carbocycles. The molecule has 0 amide bonds. The van der Waals surface area contributed by atoms with Gasteiger partial charge in [-0.2, -0.15) is 0 Å². The average molecular weight is 202 g/mol. The van der Waals surface area contributed by atoms with E-state index in [0.717, 1.165) is 0 Å². The van der Waals surface area contributed by atoms with Gasteiger partial charge in [0.25, 0.3) is 5.60 Å². The van der Waals surface area contributed by atoms with Crippen LogP contribution in [0.5, 0.6) is 0 Å². The number of esters is 1. The van der Waals surface area contributed by atoms with Crippen molar-refractivity contribution >= 4 is 11.9 Å². The number of carboxylic acid groups (broad SMARTS) is 1. The number of cyclic esters (lactones) is 1. The van der Waals surface area contributed by atoms with Gasteiger partial charge in [0, 0.05) is 5.41 Å². The molecule has 14 heavy (non-hydrogen) atoms. The third-order valence-corrected chi connectivity index (χ3v) is 2.06. The molecule has 2 atom stereocenters. The zero-order valence-electron chi connectivity index (χ0n) is 8.66. The molecule has 0 radical (unpaired) electrons. The van der Waals surface area contributed by atoms with Gasteiger partial charge in [-0.15, -0.1) is 0 Å². The van der Waals surface area contributed by atoms with E-state index in [1.165, 1.54) is 6.92 Å². The molecule has 0 spiro atoms. The van der Waals surface area contributed by atoms with Gasteiger partial charge in [0.1, 0.15) is 0 Å². The number of hydrogen-bond donors (Lipinski definition) is 1. The maximum Gasteiger partial charge on any atom is 0.352 e. The predicted molar refractivity (Wildman–Crippen MR) is 46.5 cm³/mol. The molecule has 0 aromatic heterocycles. The van der Waals surface area contributed by atoms with Crippen molar-refractivity contribution in [2.75, 3.05) is 0 Å². The first kappa shape index (κ1) is 11.0. The highest BCUT2D eigenvalue weighted by atomic mass is 16.8. The predicted octanol–water partition coefficient (Wildman–Crippen LogP) is 0.775. The van der Waals surface area contributed by atoms with E-state index < -0.39 is 29.2 Å². The maximum atomic E-state index is 11.3. The molecule has 1 N–H and O–H groups in total. The lowest BCUT2D eigenvalue weighted by Crippen LogP contribution is -2.42. The minimum atomic E-state index is -1.86. The smallest absolute Gasteiger partial charge is 0.352 e. The second-order valence-electron chi connectivity index (χ2n) is 4.56. The van der Waals surface area contributed by atoms with Crippen LogP contribution in [0.4, 0.5) is 0 Å². The topological polar surface area (TPSA) is 72.8 Å². The zero-order chi connectivity index (χ0) is 11.1. The van der Waals surface area contributed by atoms with Crippen LogP contribution < -0.4 is 0 Å². The monoisotopic (exact) mass is 202 g/mol. The number of carbonyl (C=O) groups is 2. The van der Waals surface area contributed by atoms with E-state index >= 15 is 0 Å². The van der Waals surface area contributed by atoms with Crippen molar-refractivity contribution < 1.29 is 24.2 Å². The number of aliphatic carboxylic acids is 1. The molecule has 0 aromatic rings. The molecular weight excluding hydrogens is 188 g/mol. The Hall–Kier alpha value is -1.10. The van der Waals surface area contributed by atoms with E-state index in [-0.39, 0.29) is 0 Å². The first-order valence-electron chi connectivity index (χ1n) is 4.30. The molecule has 0 aliphatic carbocycles. The minimum Gasteiger partial charge on any atom is -0.479 e. The summed E-state index contributed by atoms with van der Waals surface area (Å²) < 4.78 is 9.98. The van der Waals surface area contributed by atoms with Crippen LogP contribution in [0.1, 0.15) is 27.7 Å². The van der Waals surface area contributed by atoms with Crippen molar-refractivity contribution in [3.8, 4) is 0 Å². The molecule has 1 rings (SSSR count). The fourth-order valence-corrected chi connectivity index (χ4v) is 0.987. The summed E-state index contributed by atoms with van der Waals surface area (Å²) in [4.78, 5) is 22.0. The highest BCUT2D eigenvalue weighted by Crippen LogP contribution is 2.34. The Kier molecular flexibility index (Phi) is 2.31. The summed E-state index contributed by atoms with van der Waals surface area (Å²) in [6.45, 7) is 6.61. The lowest BCUT2D eigenvalue weighted by molar-refractivity contribution is -0.174. The van der Waals surface area contributed by atoms with Crippen molar-refractivity contribution in [3.63, 3.8) is 0 Å². The van der Waals surface area contributed by atoms with Crippen molar-refractivity contribution in [2.24, 2.45) is 5.41 Å². The van der Waals surface area contributed by atoms with E-state index in [0.29, 0.717) is 0 Å². The Morgan fingerprint density at radius 3 is 2.21 bits per heavy atom. The number of rotatable bonds is 1. The molecule has 1 aliphatic heterocycles. The zero-order valence-corrected chi connectivity index (χ0v) is 8.66. The molecule has 5 nitrogen and oxygen atoms in total. The Morgan fingerprint density at radius 1 is 1.50 bits per heavy atom. The van der Waals surface area contributed by atoms with Crippen LogP contribution in [0.25, 0.3) is 0 Å². The van der Waals surface area contributed by atoms with Crippen LogP contribution >= 0.6 is 0 Å². The van der Waals surface area contributed by atoms with E-state index in [1.807, 2.05) is 0 Å². The van der Waals surface area contributed by atoms with E-state index in [2.05, 4.69) is 0 Å². The Bertz CT molecular complexity index is 277. The highest BCUT2D eigenvalue weighted by molar-refractivity contribution is 6.03. The Labute approximate surface area is 82.0 Å². The van der Waals surface area contributed by atoms with Gasteiger partial charge in [0.2, 0.25) is 6.29 Å². The number of carbonyl (C=O) groups excluding carboxylic acids is 1.